The van der Waals surface area contributed by atoms with E-state index in [1.165, 1.54) is 0 Å². The molecular weight excluding hydrogens is 270 g/mol. The van der Waals surface area contributed by atoms with Gasteiger partial charge in [-0.2, -0.15) is 0 Å². The second-order valence-electron chi connectivity index (χ2n) is 6.70. The molecule has 21 heavy (non-hydrogen) atoms. The summed E-state index contributed by atoms with van der Waals surface area (Å²) >= 11 is 0. The van der Waals surface area contributed by atoms with Gasteiger partial charge in [0.05, 0.1) is 11.3 Å². The number of hydrogen-bond acceptors (Lipinski definition) is 4. The van der Waals surface area contributed by atoms with E-state index in [4.69, 9.17) is 4.74 Å². The van der Waals surface area contributed by atoms with E-state index in [0.717, 1.165) is 18.4 Å². The maximum absolute atomic E-state index is 11.7. The van der Waals surface area contributed by atoms with Crippen LogP contribution in [0.4, 0.5) is 10.5 Å². The standard InChI is InChI=1S/C16H23NO4/c1-15(2,3)21-14(19)17-12-5-4-11(10-13(12)18)6-7-16(20)8-9-16/h4-5,10,18,20H,6-9H2,1-3H3,(H,17,19). The molecule has 1 fully saturated rings. The normalized spacial score (nSPS) is 16.4. The Balaban J connectivity index is 1.93. The van der Waals surface area contributed by atoms with Crippen LogP contribution in [0.15, 0.2) is 18.2 Å². The number of hydrogen-bond donors (Lipinski definition) is 3. The molecular formula is C16H23NO4. The SMILES string of the molecule is CC(C)(C)OC(=O)Nc1ccc(CCC2(O)CC2)cc1O. The van der Waals surface area contributed by atoms with Gasteiger partial charge in [-0.25, -0.2) is 4.79 Å². The molecule has 0 aromatic heterocycles. The van der Waals surface area contributed by atoms with E-state index in [0.29, 0.717) is 18.5 Å². The molecule has 0 spiro atoms. The van der Waals surface area contributed by atoms with Crippen LogP contribution >= 0.6 is 0 Å². The van der Waals surface area contributed by atoms with Crippen LogP contribution in [-0.2, 0) is 11.2 Å². The van der Waals surface area contributed by atoms with E-state index in [1.807, 2.05) is 6.07 Å². The van der Waals surface area contributed by atoms with Crippen molar-refractivity contribution in [2.24, 2.45) is 0 Å². The Hall–Kier alpha value is -1.75. The molecule has 3 N–H and O–H groups in total. The lowest BCUT2D eigenvalue weighted by atomic mass is 10.0. The van der Waals surface area contributed by atoms with Crippen molar-refractivity contribution in [3.05, 3.63) is 23.8 Å². The van der Waals surface area contributed by atoms with Gasteiger partial charge in [-0.1, -0.05) is 6.07 Å². The second kappa shape index (κ2) is 5.56. The predicted octanol–water partition coefficient (Wildman–Crippen LogP) is 3.20. The number of phenolic OH excluding ortho intramolecular Hbond substituents is 1. The minimum Gasteiger partial charge on any atom is -0.506 e. The van der Waals surface area contributed by atoms with Crippen molar-refractivity contribution >= 4 is 11.8 Å². The summed E-state index contributed by atoms with van der Waals surface area (Å²) in [5, 5.41) is 22.3. The largest absolute Gasteiger partial charge is 0.506 e. The average Bonchev–Trinajstić information content (AvgIpc) is 3.06. The smallest absolute Gasteiger partial charge is 0.412 e. The third kappa shape index (κ3) is 4.93. The zero-order valence-corrected chi connectivity index (χ0v) is 12.8. The fraction of sp³-hybridized carbons (Fsp3) is 0.562. The number of benzene rings is 1. The first kappa shape index (κ1) is 15.6. The molecule has 1 aromatic carbocycles. The van der Waals surface area contributed by atoms with Crippen LogP contribution in [0.3, 0.4) is 0 Å². The van der Waals surface area contributed by atoms with E-state index in [2.05, 4.69) is 5.32 Å². The predicted molar refractivity (Wildman–Crippen MR) is 80.5 cm³/mol. The van der Waals surface area contributed by atoms with Crippen LogP contribution in [0.5, 0.6) is 5.75 Å². The highest BCUT2D eigenvalue weighted by molar-refractivity contribution is 5.86. The van der Waals surface area contributed by atoms with Crippen LogP contribution in [0.1, 0.15) is 45.6 Å². The Morgan fingerprint density at radius 3 is 2.57 bits per heavy atom. The highest BCUT2D eigenvalue weighted by Crippen LogP contribution is 2.39. The number of aryl methyl sites for hydroxylation is 1. The highest BCUT2D eigenvalue weighted by Gasteiger charge is 2.39. The minimum atomic E-state index is -0.599. The monoisotopic (exact) mass is 293 g/mol. The van der Waals surface area contributed by atoms with Gasteiger partial charge in [0.1, 0.15) is 11.4 Å². The van der Waals surface area contributed by atoms with Gasteiger partial charge in [0.2, 0.25) is 0 Å². The molecule has 116 valence electrons. The number of anilines is 1. The number of carbonyl (C=O) groups is 1. The van der Waals surface area contributed by atoms with Crippen LogP contribution in [-0.4, -0.2) is 27.5 Å². The van der Waals surface area contributed by atoms with Gasteiger partial charge in [0, 0.05) is 0 Å². The van der Waals surface area contributed by atoms with E-state index >= 15 is 0 Å². The van der Waals surface area contributed by atoms with Crippen molar-refractivity contribution < 1.29 is 19.7 Å². The fourth-order valence-corrected chi connectivity index (χ4v) is 2.02. The molecule has 0 unspecified atom stereocenters. The lowest BCUT2D eigenvalue weighted by molar-refractivity contribution is 0.0635. The molecule has 0 atom stereocenters. The summed E-state index contributed by atoms with van der Waals surface area (Å²) < 4.78 is 5.13. The molecule has 5 heteroatoms. The zero-order chi connectivity index (χ0) is 15.7. The number of carbonyl (C=O) groups excluding carboxylic acids is 1. The number of amides is 1. The van der Waals surface area contributed by atoms with E-state index < -0.39 is 17.3 Å². The first-order chi connectivity index (χ1) is 9.67. The number of phenols is 1. The molecule has 0 heterocycles. The number of rotatable bonds is 4. The first-order valence-electron chi connectivity index (χ1n) is 7.21. The van der Waals surface area contributed by atoms with Crippen molar-refractivity contribution in [1.82, 2.24) is 0 Å². The van der Waals surface area contributed by atoms with Gasteiger partial charge >= 0.3 is 6.09 Å². The lowest BCUT2D eigenvalue weighted by Crippen LogP contribution is -2.27. The van der Waals surface area contributed by atoms with E-state index in [1.54, 1.807) is 32.9 Å². The number of nitrogens with one attached hydrogen (secondary N) is 1. The van der Waals surface area contributed by atoms with Crippen LogP contribution in [0.25, 0.3) is 0 Å². The summed E-state index contributed by atoms with van der Waals surface area (Å²) in [6.07, 6.45) is 2.52. The van der Waals surface area contributed by atoms with Gasteiger partial charge in [-0.15, -0.1) is 0 Å². The summed E-state index contributed by atoms with van der Waals surface area (Å²) in [6.45, 7) is 5.33. The molecule has 1 aliphatic rings. The Morgan fingerprint density at radius 2 is 2.05 bits per heavy atom. The van der Waals surface area contributed by atoms with Crippen molar-refractivity contribution in [1.29, 1.82) is 0 Å². The van der Waals surface area contributed by atoms with Crippen LogP contribution in [0, 0.1) is 0 Å². The Labute approximate surface area is 124 Å². The topological polar surface area (TPSA) is 78.8 Å². The van der Waals surface area contributed by atoms with E-state index in [9.17, 15) is 15.0 Å². The van der Waals surface area contributed by atoms with Crippen molar-refractivity contribution in [3.8, 4) is 5.75 Å². The Morgan fingerprint density at radius 1 is 1.38 bits per heavy atom. The molecule has 0 radical (unpaired) electrons. The maximum atomic E-state index is 11.7. The number of aromatic hydroxyl groups is 1. The molecule has 1 amide bonds. The quantitative estimate of drug-likeness (QED) is 0.745. The molecule has 0 saturated heterocycles. The molecule has 1 aromatic rings. The molecule has 0 bridgehead atoms. The third-order valence-corrected chi connectivity index (χ3v) is 3.40. The third-order valence-electron chi connectivity index (χ3n) is 3.40. The number of ether oxygens (including phenoxy) is 1. The molecule has 1 saturated carbocycles. The van der Waals surface area contributed by atoms with Gasteiger partial charge in [0.15, 0.2) is 0 Å². The lowest BCUT2D eigenvalue weighted by Gasteiger charge is -2.20. The highest BCUT2D eigenvalue weighted by atomic mass is 16.6. The van der Waals surface area contributed by atoms with Gasteiger partial charge in [0.25, 0.3) is 0 Å². The fourth-order valence-electron chi connectivity index (χ4n) is 2.02. The van der Waals surface area contributed by atoms with Crippen molar-refractivity contribution in [2.75, 3.05) is 5.32 Å². The summed E-state index contributed by atoms with van der Waals surface area (Å²) in [6, 6.07) is 5.09. The second-order valence-corrected chi connectivity index (χ2v) is 6.70. The van der Waals surface area contributed by atoms with Gasteiger partial charge in [-0.05, 0) is 64.2 Å². The summed E-state index contributed by atoms with van der Waals surface area (Å²) in [5.74, 6) is 0.00106. The Bertz CT molecular complexity index is 530. The summed E-state index contributed by atoms with van der Waals surface area (Å²) in [5.41, 5.74) is 0.170. The Kier molecular flexibility index (Phi) is 4.14. The average molecular weight is 293 g/mol. The molecule has 2 rings (SSSR count). The maximum Gasteiger partial charge on any atom is 0.412 e. The van der Waals surface area contributed by atoms with Gasteiger partial charge < -0.3 is 14.9 Å². The van der Waals surface area contributed by atoms with E-state index in [-0.39, 0.29) is 5.75 Å². The zero-order valence-electron chi connectivity index (χ0n) is 12.8. The summed E-state index contributed by atoms with van der Waals surface area (Å²) in [4.78, 5) is 11.7. The minimum absolute atomic E-state index is 0.00106. The van der Waals surface area contributed by atoms with Crippen LogP contribution < -0.4 is 5.32 Å². The van der Waals surface area contributed by atoms with Crippen LogP contribution in [0.2, 0.25) is 0 Å². The van der Waals surface area contributed by atoms with Crippen molar-refractivity contribution in [3.63, 3.8) is 0 Å². The summed E-state index contributed by atoms with van der Waals surface area (Å²) in [7, 11) is 0. The number of aliphatic hydroxyl groups is 1. The van der Waals surface area contributed by atoms with Gasteiger partial charge in [-0.3, -0.25) is 5.32 Å². The first-order valence-corrected chi connectivity index (χ1v) is 7.21. The van der Waals surface area contributed by atoms with Crippen molar-refractivity contribution in [2.45, 2.75) is 57.7 Å². The molecule has 0 aliphatic heterocycles. The molecule has 1 aliphatic carbocycles. The molecule has 5 nitrogen and oxygen atoms in total.